The minimum Gasteiger partial charge on any atom is -0.480 e. The van der Waals surface area contributed by atoms with E-state index in [0.29, 0.717) is 10.9 Å². The second-order valence-electron chi connectivity index (χ2n) is 9.21. The zero-order chi connectivity index (χ0) is 26.9. The van der Waals surface area contributed by atoms with Crippen LogP contribution >= 0.6 is 0 Å². The zero-order valence-electron chi connectivity index (χ0n) is 21.1. The van der Waals surface area contributed by atoms with Gasteiger partial charge in [0.1, 0.15) is 18.6 Å². The Morgan fingerprint density at radius 1 is 0.946 bits per heavy atom. The quantitative estimate of drug-likeness (QED) is 0.278. The van der Waals surface area contributed by atoms with E-state index in [1.807, 2.05) is 44.2 Å². The molecular formula is C27H32N4O6. The van der Waals surface area contributed by atoms with Crippen molar-refractivity contribution in [2.24, 2.45) is 5.92 Å². The first-order chi connectivity index (χ1) is 17.7. The van der Waals surface area contributed by atoms with Gasteiger partial charge in [-0.2, -0.15) is 0 Å². The number of carbonyl (C=O) groups excluding carboxylic acids is 3. The summed E-state index contributed by atoms with van der Waals surface area (Å²) < 4.78 is 1.62. The predicted octanol–water partition coefficient (Wildman–Crippen LogP) is 2.62. The number of hydrogen-bond donors (Lipinski definition) is 4. The molecule has 0 saturated heterocycles. The van der Waals surface area contributed by atoms with Gasteiger partial charge < -0.3 is 20.3 Å². The zero-order valence-corrected chi connectivity index (χ0v) is 21.1. The smallest absolute Gasteiger partial charge is 0.326 e. The first-order valence-corrected chi connectivity index (χ1v) is 12.0. The maximum atomic E-state index is 13.1. The van der Waals surface area contributed by atoms with Crippen molar-refractivity contribution in [2.75, 3.05) is 0 Å². The molecule has 37 heavy (non-hydrogen) atoms. The number of rotatable bonds is 12. The lowest BCUT2D eigenvalue weighted by Crippen LogP contribution is -2.50. The summed E-state index contributed by atoms with van der Waals surface area (Å²) in [6, 6.07) is 14.5. The van der Waals surface area contributed by atoms with Crippen molar-refractivity contribution >= 4 is 34.6 Å². The molecule has 0 saturated carbocycles. The maximum absolute atomic E-state index is 13.1. The van der Waals surface area contributed by atoms with Crippen LogP contribution < -0.4 is 16.1 Å². The standard InChI is InChI=1S/C27H32N4O6/c1-17(2)13-22(27(35)36)29-25(33)18(3)28-26(34)21-14-31(23-12-8-7-11-20(21)23)15-24(32)30-37-16-19-9-5-4-6-10-19/h4-12,14,17-18,22H,13,15-16H2,1-3H3,(H,28,34)(H,29,33)(H,30,32)(H,35,36)/t18-,22-/m0/s1. The number of carboxylic acid groups (broad SMARTS) is 1. The van der Waals surface area contributed by atoms with Crippen LogP contribution in [0.3, 0.4) is 0 Å². The van der Waals surface area contributed by atoms with E-state index in [-0.39, 0.29) is 31.1 Å². The third-order valence-corrected chi connectivity index (χ3v) is 5.68. The Balaban J connectivity index is 1.65. The highest BCUT2D eigenvalue weighted by molar-refractivity contribution is 6.08. The fraction of sp³-hybridized carbons (Fsp3) is 0.333. The SMILES string of the molecule is CC(C)C[C@H](NC(=O)[C@H](C)NC(=O)c1cn(CC(=O)NOCc2ccccc2)c2ccccc12)C(=O)O. The highest BCUT2D eigenvalue weighted by Crippen LogP contribution is 2.21. The number of para-hydroxylation sites is 1. The number of aromatic nitrogens is 1. The lowest BCUT2D eigenvalue weighted by Gasteiger charge is -2.20. The van der Waals surface area contributed by atoms with Gasteiger partial charge in [0.25, 0.3) is 11.8 Å². The Hall–Kier alpha value is -4.18. The van der Waals surface area contributed by atoms with Crippen molar-refractivity contribution in [1.29, 1.82) is 0 Å². The van der Waals surface area contributed by atoms with Crippen LogP contribution in [0.4, 0.5) is 0 Å². The van der Waals surface area contributed by atoms with Gasteiger partial charge in [0.2, 0.25) is 5.91 Å². The second-order valence-corrected chi connectivity index (χ2v) is 9.21. The first-order valence-electron chi connectivity index (χ1n) is 12.0. The largest absolute Gasteiger partial charge is 0.480 e. The van der Waals surface area contributed by atoms with Crippen LogP contribution in [0.5, 0.6) is 0 Å². The summed E-state index contributed by atoms with van der Waals surface area (Å²) in [5, 5.41) is 15.1. The molecule has 0 fully saturated rings. The number of aliphatic carboxylic acids is 1. The van der Waals surface area contributed by atoms with E-state index in [9.17, 15) is 24.3 Å². The molecule has 0 spiro atoms. The van der Waals surface area contributed by atoms with Crippen LogP contribution in [-0.2, 0) is 32.4 Å². The molecule has 4 N–H and O–H groups in total. The average molecular weight is 509 g/mol. The molecule has 10 heteroatoms. The number of hydrogen-bond acceptors (Lipinski definition) is 5. The minimum atomic E-state index is -1.13. The molecular weight excluding hydrogens is 476 g/mol. The summed E-state index contributed by atoms with van der Waals surface area (Å²) in [5.41, 5.74) is 4.26. The summed E-state index contributed by atoms with van der Waals surface area (Å²) >= 11 is 0. The van der Waals surface area contributed by atoms with E-state index in [2.05, 4.69) is 16.1 Å². The molecule has 196 valence electrons. The second kappa shape index (κ2) is 12.7. The number of benzene rings is 2. The summed E-state index contributed by atoms with van der Waals surface area (Å²) in [4.78, 5) is 54.8. The van der Waals surface area contributed by atoms with Gasteiger partial charge in [-0.25, -0.2) is 10.3 Å². The topological polar surface area (TPSA) is 139 Å². The Bertz CT molecular complexity index is 1250. The van der Waals surface area contributed by atoms with Gasteiger partial charge in [-0.15, -0.1) is 0 Å². The molecule has 0 aliphatic rings. The van der Waals surface area contributed by atoms with Gasteiger partial charge in [0.15, 0.2) is 0 Å². The Morgan fingerprint density at radius 3 is 2.30 bits per heavy atom. The van der Waals surface area contributed by atoms with E-state index in [0.717, 1.165) is 5.56 Å². The van der Waals surface area contributed by atoms with E-state index >= 15 is 0 Å². The van der Waals surface area contributed by atoms with E-state index in [1.165, 1.54) is 6.92 Å². The maximum Gasteiger partial charge on any atom is 0.326 e. The minimum absolute atomic E-state index is 0.0679. The number of hydroxylamine groups is 1. The summed E-state index contributed by atoms with van der Waals surface area (Å²) in [6.07, 6.45) is 1.81. The fourth-order valence-corrected chi connectivity index (χ4v) is 3.85. The average Bonchev–Trinajstić information content (AvgIpc) is 3.22. The molecule has 3 rings (SSSR count). The van der Waals surface area contributed by atoms with Crippen LogP contribution in [-0.4, -0.2) is 45.4 Å². The van der Waals surface area contributed by atoms with Gasteiger partial charge in [-0.3, -0.25) is 19.2 Å². The van der Waals surface area contributed by atoms with Gasteiger partial charge in [0, 0.05) is 17.1 Å². The van der Waals surface area contributed by atoms with Crippen LogP contribution in [0, 0.1) is 5.92 Å². The molecule has 0 unspecified atom stereocenters. The molecule has 1 heterocycles. The van der Waals surface area contributed by atoms with Crippen molar-refractivity contribution in [2.45, 2.75) is 52.4 Å². The molecule has 2 atom stereocenters. The number of carbonyl (C=O) groups is 4. The van der Waals surface area contributed by atoms with Crippen molar-refractivity contribution in [3.8, 4) is 0 Å². The van der Waals surface area contributed by atoms with E-state index in [4.69, 9.17) is 4.84 Å². The summed E-state index contributed by atoms with van der Waals surface area (Å²) in [5.74, 6) is -2.58. The van der Waals surface area contributed by atoms with Crippen molar-refractivity contribution in [1.82, 2.24) is 20.7 Å². The third kappa shape index (κ3) is 7.65. The highest BCUT2D eigenvalue weighted by Gasteiger charge is 2.26. The number of nitrogens with one attached hydrogen (secondary N) is 3. The molecule has 0 aliphatic heterocycles. The van der Waals surface area contributed by atoms with Crippen molar-refractivity contribution in [3.05, 3.63) is 71.9 Å². The highest BCUT2D eigenvalue weighted by atomic mass is 16.6. The number of fused-ring (bicyclic) bond motifs is 1. The molecule has 0 aliphatic carbocycles. The monoisotopic (exact) mass is 508 g/mol. The van der Waals surface area contributed by atoms with Crippen LogP contribution in [0.2, 0.25) is 0 Å². The van der Waals surface area contributed by atoms with Crippen molar-refractivity contribution in [3.63, 3.8) is 0 Å². The van der Waals surface area contributed by atoms with Crippen LogP contribution in [0.15, 0.2) is 60.8 Å². The Kier molecular flexibility index (Phi) is 9.39. The molecule has 3 aromatic rings. The van der Waals surface area contributed by atoms with Crippen LogP contribution in [0.1, 0.15) is 43.1 Å². The summed E-state index contributed by atoms with van der Waals surface area (Å²) in [6.45, 7) is 5.33. The normalized spacial score (nSPS) is 12.6. The van der Waals surface area contributed by atoms with E-state index in [1.54, 1.807) is 35.0 Å². The Morgan fingerprint density at radius 2 is 1.62 bits per heavy atom. The lowest BCUT2D eigenvalue weighted by atomic mass is 10.0. The lowest BCUT2D eigenvalue weighted by molar-refractivity contribution is -0.142. The molecule has 10 nitrogen and oxygen atoms in total. The van der Waals surface area contributed by atoms with Gasteiger partial charge in [0.05, 0.1) is 12.2 Å². The number of amides is 3. The van der Waals surface area contributed by atoms with Gasteiger partial charge in [-0.05, 0) is 30.9 Å². The first kappa shape index (κ1) is 27.4. The van der Waals surface area contributed by atoms with E-state index < -0.39 is 35.8 Å². The molecule has 2 aromatic carbocycles. The third-order valence-electron chi connectivity index (χ3n) is 5.68. The van der Waals surface area contributed by atoms with Gasteiger partial charge >= 0.3 is 5.97 Å². The Labute approximate surface area is 214 Å². The van der Waals surface area contributed by atoms with Gasteiger partial charge in [-0.1, -0.05) is 62.4 Å². The molecule has 0 bridgehead atoms. The number of carboxylic acids is 1. The predicted molar refractivity (Wildman–Crippen MR) is 137 cm³/mol. The summed E-state index contributed by atoms with van der Waals surface area (Å²) in [7, 11) is 0. The molecule has 0 radical (unpaired) electrons. The molecule has 3 amide bonds. The molecule has 1 aromatic heterocycles. The van der Waals surface area contributed by atoms with Crippen LogP contribution in [0.25, 0.3) is 10.9 Å². The fourth-order valence-electron chi connectivity index (χ4n) is 3.85. The van der Waals surface area contributed by atoms with Crippen molar-refractivity contribution < 1.29 is 29.1 Å². The number of nitrogens with zero attached hydrogens (tertiary/aromatic N) is 1.